The molecule has 18 nitrogen and oxygen atoms in total. The van der Waals surface area contributed by atoms with Crippen molar-refractivity contribution < 1.29 is 28.6 Å². The molecular weight excluding hydrogens is 912 g/mol. The Morgan fingerprint density at radius 3 is 1.29 bits per heavy atom. The van der Waals surface area contributed by atoms with E-state index in [1.54, 1.807) is 159 Å². The Morgan fingerprint density at radius 1 is 0.382 bits per heavy atom. The van der Waals surface area contributed by atoms with Crippen LogP contribution in [0.5, 0.6) is 34.5 Å². The normalized spacial score (nSPS) is 10.1. The number of nitrogens with one attached hydrogen (secondary N) is 3. The van der Waals surface area contributed by atoms with E-state index in [2.05, 4.69) is 60.8 Å². The van der Waals surface area contributed by atoms with Gasteiger partial charge in [0.1, 0.15) is 73.5 Å². The molecule has 0 spiro atoms. The lowest BCUT2D eigenvalue weighted by atomic mass is 10.3. The molecule has 0 aromatic carbocycles. The topological polar surface area (TPSA) is 231 Å². The number of anilines is 3. The standard InChI is InChI=1S/2C16H11ClN4O2.C16H12N4O2/c17-14-4-1-5-15(20-14)21-16(22)13-9-11(6-8-19-13)23-12-3-2-7-18-10-12;17-15-8-11(3-6-20-15)21-16(22)14-9-12(4-7-19-14)23-13-2-1-5-18-10-13;21-16(20-15-5-1-2-8-19-15)14-10-12(6-9-18-14)22-13-4-3-7-17-11-13/h2*1-10H,(H,20,21,22);1-11H,(H,19,20,21). The minimum absolute atomic E-state index is 0.202. The van der Waals surface area contributed by atoms with Gasteiger partial charge in [0, 0.05) is 73.5 Å². The zero-order valence-electron chi connectivity index (χ0n) is 35.1. The molecule has 336 valence electrons. The fourth-order valence-electron chi connectivity index (χ4n) is 5.38. The molecule has 0 aliphatic carbocycles. The summed E-state index contributed by atoms with van der Waals surface area (Å²) in [4.78, 5) is 72.5. The molecule has 9 aromatic heterocycles. The van der Waals surface area contributed by atoms with Gasteiger partial charge in [0.15, 0.2) is 0 Å². The van der Waals surface area contributed by atoms with E-state index in [9.17, 15) is 14.4 Å². The number of halogens is 2. The Hall–Kier alpha value is -9.26. The van der Waals surface area contributed by atoms with Crippen LogP contribution < -0.4 is 30.2 Å². The van der Waals surface area contributed by atoms with Crippen LogP contribution in [0.3, 0.4) is 0 Å². The number of carbonyl (C=O) groups is 3. The monoisotopic (exact) mass is 944 g/mol. The summed E-state index contributed by atoms with van der Waals surface area (Å²) in [7, 11) is 0. The van der Waals surface area contributed by atoms with Crippen LogP contribution in [0.1, 0.15) is 31.5 Å². The highest BCUT2D eigenvalue weighted by atomic mass is 35.5. The van der Waals surface area contributed by atoms with Crippen LogP contribution in [-0.4, -0.2) is 62.6 Å². The summed E-state index contributed by atoms with van der Waals surface area (Å²) in [6, 6.07) is 33.6. The predicted octanol–water partition coefficient (Wildman–Crippen LogP) is 10.1. The summed E-state index contributed by atoms with van der Waals surface area (Å²) in [5.41, 5.74) is 1.20. The fraction of sp³-hybridized carbons (Fsp3) is 0. The van der Waals surface area contributed by atoms with Crippen molar-refractivity contribution in [2.45, 2.75) is 0 Å². The van der Waals surface area contributed by atoms with E-state index in [1.807, 2.05) is 0 Å². The number of pyridine rings is 9. The first-order valence-corrected chi connectivity index (χ1v) is 20.7. The summed E-state index contributed by atoms with van der Waals surface area (Å²) in [6.45, 7) is 0. The van der Waals surface area contributed by atoms with Crippen molar-refractivity contribution in [2.24, 2.45) is 0 Å². The van der Waals surface area contributed by atoms with E-state index < -0.39 is 5.91 Å². The van der Waals surface area contributed by atoms with E-state index in [0.29, 0.717) is 62.1 Å². The molecule has 0 radical (unpaired) electrons. The molecule has 0 aliphatic rings. The third-order valence-corrected chi connectivity index (χ3v) is 8.77. The van der Waals surface area contributed by atoms with Gasteiger partial charge in [-0.15, -0.1) is 0 Å². The molecule has 9 rings (SSSR count). The molecule has 9 aromatic rings. The third-order valence-electron chi connectivity index (χ3n) is 8.35. The van der Waals surface area contributed by atoms with Crippen molar-refractivity contribution in [2.75, 3.05) is 16.0 Å². The van der Waals surface area contributed by atoms with Gasteiger partial charge < -0.3 is 30.2 Å². The van der Waals surface area contributed by atoms with E-state index in [1.165, 1.54) is 30.9 Å². The largest absolute Gasteiger partial charge is 0.456 e. The minimum Gasteiger partial charge on any atom is -0.456 e. The smallest absolute Gasteiger partial charge is 0.275 e. The molecule has 0 unspecified atom stereocenters. The van der Waals surface area contributed by atoms with Gasteiger partial charge in [-0.3, -0.25) is 44.3 Å². The molecular formula is C48H34Cl2N12O6. The maximum Gasteiger partial charge on any atom is 0.275 e. The molecule has 3 amide bonds. The van der Waals surface area contributed by atoms with Crippen LogP contribution in [-0.2, 0) is 0 Å². The number of nitrogens with zero attached hydrogens (tertiary/aromatic N) is 9. The molecule has 0 saturated carbocycles. The molecule has 68 heavy (non-hydrogen) atoms. The van der Waals surface area contributed by atoms with E-state index in [4.69, 9.17) is 37.4 Å². The number of rotatable bonds is 12. The van der Waals surface area contributed by atoms with E-state index in [0.717, 1.165) is 0 Å². The maximum absolute atomic E-state index is 12.2. The fourth-order valence-corrected chi connectivity index (χ4v) is 5.72. The van der Waals surface area contributed by atoms with Gasteiger partial charge in [0.05, 0.1) is 18.6 Å². The second kappa shape index (κ2) is 24.1. The zero-order valence-corrected chi connectivity index (χ0v) is 36.6. The average Bonchev–Trinajstić information content (AvgIpc) is 3.36. The van der Waals surface area contributed by atoms with Gasteiger partial charge in [-0.2, -0.15) is 0 Å². The number of carbonyl (C=O) groups excluding carboxylic acids is 3. The van der Waals surface area contributed by atoms with Gasteiger partial charge in [-0.1, -0.05) is 35.3 Å². The summed E-state index contributed by atoms with van der Waals surface area (Å²) < 4.78 is 16.9. The highest BCUT2D eigenvalue weighted by molar-refractivity contribution is 6.30. The van der Waals surface area contributed by atoms with Crippen molar-refractivity contribution >= 4 is 58.2 Å². The predicted molar refractivity (Wildman–Crippen MR) is 252 cm³/mol. The van der Waals surface area contributed by atoms with Gasteiger partial charge >= 0.3 is 0 Å². The van der Waals surface area contributed by atoms with Crippen LogP contribution in [0.15, 0.2) is 189 Å². The van der Waals surface area contributed by atoms with Crippen LogP contribution >= 0.6 is 23.2 Å². The van der Waals surface area contributed by atoms with Crippen LogP contribution in [0.25, 0.3) is 0 Å². The Kier molecular flexibility index (Phi) is 16.6. The number of hydrogen-bond acceptors (Lipinski definition) is 15. The van der Waals surface area contributed by atoms with Gasteiger partial charge in [-0.25, -0.2) is 15.0 Å². The quantitative estimate of drug-likeness (QED) is 0.0967. The SMILES string of the molecule is O=C(Nc1cccc(Cl)n1)c1cc(Oc2cccnc2)ccn1.O=C(Nc1ccccn1)c1cc(Oc2cccnc2)ccn1.O=C(Nc1ccnc(Cl)c1)c1cc(Oc2cccnc2)ccn1. The molecule has 3 N–H and O–H groups in total. The molecule has 0 bridgehead atoms. The lowest BCUT2D eigenvalue weighted by Gasteiger charge is -2.07. The molecule has 0 atom stereocenters. The Labute approximate surface area is 397 Å². The number of hydrogen-bond donors (Lipinski definition) is 3. The molecule has 0 aliphatic heterocycles. The van der Waals surface area contributed by atoms with Gasteiger partial charge in [0.25, 0.3) is 17.7 Å². The number of ether oxygens (including phenoxy) is 3. The highest BCUT2D eigenvalue weighted by Gasteiger charge is 2.13. The first kappa shape index (κ1) is 46.7. The molecule has 20 heteroatoms. The summed E-state index contributed by atoms with van der Waals surface area (Å²) in [6.07, 6.45) is 17.3. The average molecular weight is 946 g/mol. The number of amides is 3. The van der Waals surface area contributed by atoms with Crippen molar-refractivity contribution in [3.8, 4) is 34.5 Å². The van der Waals surface area contributed by atoms with Crippen LogP contribution in [0.4, 0.5) is 17.3 Å². The third kappa shape index (κ3) is 14.9. The highest BCUT2D eigenvalue weighted by Crippen LogP contribution is 2.23. The number of aromatic nitrogens is 9. The van der Waals surface area contributed by atoms with Crippen LogP contribution in [0, 0.1) is 0 Å². The maximum atomic E-state index is 12.2. The summed E-state index contributed by atoms with van der Waals surface area (Å²) >= 11 is 11.6. The van der Waals surface area contributed by atoms with Gasteiger partial charge in [-0.05, 0) is 91.0 Å². The van der Waals surface area contributed by atoms with Crippen molar-refractivity contribution in [3.63, 3.8) is 0 Å². The van der Waals surface area contributed by atoms with Gasteiger partial charge in [0.2, 0.25) is 0 Å². The summed E-state index contributed by atoms with van der Waals surface area (Å²) in [5.74, 6) is 2.90. The second-order valence-electron chi connectivity index (χ2n) is 13.3. The van der Waals surface area contributed by atoms with E-state index >= 15 is 0 Å². The Balaban J connectivity index is 0.000000151. The lowest BCUT2D eigenvalue weighted by molar-refractivity contribution is 0.101. The zero-order chi connectivity index (χ0) is 47.3. The van der Waals surface area contributed by atoms with E-state index in [-0.39, 0.29) is 28.9 Å². The Morgan fingerprint density at radius 2 is 0.853 bits per heavy atom. The van der Waals surface area contributed by atoms with Crippen molar-refractivity contribution in [1.29, 1.82) is 0 Å². The molecule has 0 fully saturated rings. The molecule has 0 saturated heterocycles. The van der Waals surface area contributed by atoms with Crippen molar-refractivity contribution in [1.82, 2.24) is 44.9 Å². The van der Waals surface area contributed by atoms with Crippen LogP contribution in [0.2, 0.25) is 10.3 Å². The Bertz CT molecular complexity index is 2940. The first-order valence-electron chi connectivity index (χ1n) is 19.9. The minimum atomic E-state index is -0.406. The summed E-state index contributed by atoms with van der Waals surface area (Å²) in [5, 5.41) is 8.58. The molecule has 9 heterocycles. The van der Waals surface area contributed by atoms with Crippen molar-refractivity contribution in [3.05, 3.63) is 217 Å². The second-order valence-corrected chi connectivity index (χ2v) is 14.1. The first-order chi connectivity index (χ1) is 33.2. The lowest BCUT2D eigenvalue weighted by Crippen LogP contribution is -2.14.